The van der Waals surface area contributed by atoms with E-state index in [1.807, 2.05) is 0 Å². The van der Waals surface area contributed by atoms with Crippen molar-refractivity contribution in [1.82, 2.24) is 5.32 Å². The van der Waals surface area contributed by atoms with E-state index in [4.69, 9.17) is 5.11 Å². The predicted molar refractivity (Wildman–Crippen MR) is 61.1 cm³/mol. The standard InChI is InChI=1S/C13H21NO2/c1-7(13(15)16)14-12-6-8-5-11(12)10-4-2-3-9(8)10/h7-12,14H,2-6H2,1H3,(H,15,16)/t7-,8?,9?,10?,11?,12?/m0/s1. The minimum atomic E-state index is -0.717. The van der Waals surface area contributed by atoms with Crippen LogP contribution in [0.25, 0.3) is 0 Å². The van der Waals surface area contributed by atoms with E-state index in [0.717, 1.165) is 23.7 Å². The molecule has 6 atom stereocenters. The first kappa shape index (κ1) is 10.6. The number of hydrogen-bond donors (Lipinski definition) is 2. The lowest BCUT2D eigenvalue weighted by molar-refractivity contribution is -0.139. The second kappa shape index (κ2) is 3.73. The summed E-state index contributed by atoms with van der Waals surface area (Å²) in [7, 11) is 0. The number of nitrogens with one attached hydrogen (secondary N) is 1. The van der Waals surface area contributed by atoms with E-state index in [1.165, 1.54) is 32.1 Å². The highest BCUT2D eigenvalue weighted by atomic mass is 16.4. The minimum absolute atomic E-state index is 0.385. The molecule has 0 aromatic carbocycles. The summed E-state index contributed by atoms with van der Waals surface area (Å²) in [6, 6.07) is 0.0969. The van der Waals surface area contributed by atoms with Gasteiger partial charge < -0.3 is 10.4 Å². The Bertz CT molecular complexity index is 304. The van der Waals surface area contributed by atoms with Crippen molar-refractivity contribution in [3.8, 4) is 0 Å². The van der Waals surface area contributed by atoms with Crippen molar-refractivity contribution in [2.45, 2.75) is 51.1 Å². The molecule has 0 aromatic heterocycles. The first-order valence-electron chi connectivity index (χ1n) is 6.65. The van der Waals surface area contributed by atoms with Crippen LogP contribution in [0.3, 0.4) is 0 Å². The van der Waals surface area contributed by atoms with Crippen LogP contribution in [0.4, 0.5) is 0 Å². The Hall–Kier alpha value is -0.570. The lowest BCUT2D eigenvalue weighted by Crippen LogP contribution is -2.46. The van der Waals surface area contributed by atoms with Crippen molar-refractivity contribution in [1.29, 1.82) is 0 Å². The molecule has 0 saturated heterocycles. The van der Waals surface area contributed by atoms with Crippen LogP contribution >= 0.6 is 0 Å². The largest absolute Gasteiger partial charge is 0.480 e. The lowest BCUT2D eigenvalue weighted by Gasteiger charge is -2.33. The van der Waals surface area contributed by atoms with E-state index in [2.05, 4.69) is 5.32 Å². The van der Waals surface area contributed by atoms with Crippen molar-refractivity contribution >= 4 is 5.97 Å². The summed E-state index contributed by atoms with van der Waals surface area (Å²) in [5, 5.41) is 12.3. The Morgan fingerprint density at radius 1 is 1.25 bits per heavy atom. The fraction of sp³-hybridized carbons (Fsp3) is 0.923. The van der Waals surface area contributed by atoms with Crippen LogP contribution < -0.4 is 5.32 Å². The Morgan fingerprint density at radius 3 is 2.75 bits per heavy atom. The summed E-state index contributed by atoms with van der Waals surface area (Å²) >= 11 is 0. The molecule has 0 amide bonds. The van der Waals surface area contributed by atoms with E-state index in [1.54, 1.807) is 6.92 Å². The Morgan fingerprint density at radius 2 is 2.00 bits per heavy atom. The maximum Gasteiger partial charge on any atom is 0.320 e. The SMILES string of the molecule is C[C@H](NC1CC2CC1C1CCCC21)C(=O)O. The maximum absolute atomic E-state index is 10.9. The summed E-state index contributed by atoms with van der Waals surface area (Å²) in [5.41, 5.74) is 0. The van der Waals surface area contributed by atoms with Gasteiger partial charge in [-0.25, -0.2) is 0 Å². The predicted octanol–water partition coefficient (Wildman–Crippen LogP) is 1.87. The molecule has 0 spiro atoms. The van der Waals surface area contributed by atoms with Crippen molar-refractivity contribution < 1.29 is 9.90 Å². The number of rotatable bonds is 3. The van der Waals surface area contributed by atoms with Crippen LogP contribution in [0.15, 0.2) is 0 Å². The van der Waals surface area contributed by atoms with Gasteiger partial charge in [0, 0.05) is 6.04 Å². The normalized spacial score (nSPS) is 46.9. The molecule has 2 bridgehead atoms. The molecule has 2 N–H and O–H groups in total. The molecule has 3 nitrogen and oxygen atoms in total. The highest BCUT2D eigenvalue weighted by Gasteiger charge is 2.53. The van der Waals surface area contributed by atoms with Gasteiger partial charge in [-0.2, -0.15) is 0 Å². The summed E-state index contributed by atoms with van der Waals surface area (Å²) in [5.74, 6) is 2.86. The molecule has 0 aliphatic heterocycles. The third-order valence-corrected chi connectivity index (χ3v) is 5.26. The zero-order valence-electron chi connectivity index (χ0n) is 9.86. The second-order valence-corrected chi connectivity index (χ2v) is 5.99. The Kier molecular flexibility index (Phi) is 2.46. The number of carboxylic acid groups (broad SMARTS) is 1. The molecule has 3 rings (SSSR count). The highest BCUT2D eigenvalue weighted by molar-refractivity contribution is 5.72. The average molecular weight is 223 g/mol. The quantitative estimate of drug-likeness (QED) is 0.768. The van der Waals surface area contributed by atoms with E-state index >= 15 is 0 Å². The molecule has 0 heterocycles. The van der Waals surface area contributed by atoms with E-state index in [9.17, 15) is 4.79 Å². The van der Waals surface area contributed by atoms with Crippen LogP contribution in [0.1, 0.15) is 39.0 Å². The molecule has 16 heavy (non-hydrogen) atoms. The minimum Gasteiger partial charge on any atom is -0.480 e. The van der Waals surface area contributed by atoms with Gasteiger partial charge in [0.05, 0.1) is 0 Å². The van der Waals surface area contributed by atoms with Gasteiger partial charge in [0.1, 0.15) is 6.04 Å². The molecule has 0 radical (unpaired) electrons. The third kappa shape index (κ3) is 1.48. The number of hydrogen-bond acceptors (Lipinski definition) is 2. The second-order valence-electron chi connectivity index (χ2n) is 5.99. The van der Waals surface area contributed by atoms with E-state index < -0.39 is 5.97 Å². The number of aliphatic carboxylic acids is 1. The molecule has 3 saturated carbocycles. The van der Waals surface area contributed by atoms with Crippen molar-refractivity contribution in [3.63, 3.8) is 0 Å². The number of carboxylic acids is 1. The van der Waals surface area contributed by atoms with Crippen molar-refractivity contribution in [3.05, 3.63) is 0 Å². The average Bonchev–Trinajstić information content (AvgIpc) is 2.87. The molecule has 3 fully saturated rings. The van der Waals surface area contributed by atoms with Gasteiger partial charge in [0.25, 0.3) is 0 Å². The summed E-state index contributed by atoms with van der Waals surface area (Å²) in [4.78, 5) is 10.9. The Labute approximate surface area is 96.6 Å². The lowest BCUT2D eigenvalue weighted by atomic mass is 9.79. The van der Waals surface area contributed by atoms with Gasteiger partial charge in [-0.15, -0.1) is 0 Å². The van der Waals surface area contributed by atoms with Crippen molar-refractivity contribution in [2.24, 2.45) is 23.7 Å². The van der Waals surface area contributed by atoms with Gasteiger partial charge in [-0.1, -0.05) is 6.42 Å². The topological polar surface area (TPSA) is 49.3 Å². The van der Waals surface area contributed by atoms with Crippen LogP contribution in [0, 0.1) is 23.7 Å². The van der Waals surface area contributed by atoms with Gasteiger partial charge in [0.2, 0.25) is 0 Å². The number of fused-ring (bicyclic) bond motifs is 5. The molecular formula is C13H21NO2. The fourth-order valence-corrected chi connectivity index (χ4v) is 4.65. The summed E-state index contributed by atoms with van der Waals surface area (Å²) in [6.07, 6.45) is 6.82. The van der Waals surface area contributed by atoms with Gasteiger partial charge >= 0.3 is 5.97 Å². The van der Waals surface area contributed by atoms with Crippen molar-refractivity contribution in [2.75, 3.05) is 0 Å². The smallest absolute Gasteiger partial charge is 0.320 e. The maximum atomic E-state index is 10.9. The van der Waals surface area contributed by atoms with Crippen LogP contribution in [-0.4, -0.2) is 23.2 Å². The Balaban J connectivity index is 1.66. The molecule has 3 aliphatic rings. The van der Waals surface area contributed by atoms with Gasteiger partial charge in [-0.05, 0) is 56.3 Å². The van der Waals surface area contributed by atoms with Crippen LogP contribution in [0.5, 0.6) is 0 Å². The van der Waals surface area contributed by atoms with Crippen LogP contribution in [-0.2, 0) is 4.79 Å². The summed E-state index contributed by atoms with van der Waals surface area (Å²) < 4.78 is 0. The molecule has 0 aromatic rings. The molecule has 3 aliphatic carbocycles. The third-order valence-electron chi connectivity index (χ3n) is 5.26. The first-order valence-corrected chi connectivity index (χ1v) is 6.65. The van der Waals surface area contributed by atoms with Crippen LogP contribution in [0.2, 0.25) is 0 Å². The number of carbonyl (C=O) groups is 1. The fourth-order valence-electron chi connectivity index (χ4n) is 4.65. The first-order chi connectivity index (χ1) is 7.66. The summed E-state index contributed by atoms with van der Waals surface area (Å²) in [6.45, 7) is 1.76. The van der Waals surface area contributed by atoms with Gasteiger partial charge in [-0.3, -0.25) is 4.79 Å². The van der Waals surface area contributed by atoms with E-state index in [0.29, 0.717) is 6.04 Å². The monoisotopic (exact) mass is 223 g/mol. The molecule has 3 heteroatoms. The molecular weight excluding hydrogens is 202 g/mol. The molecule has 90 valence electrons. The van der Waals surface area contributed by atoms with Gasteiger partial charge in [0.15, 0.2) is 0 Å². The zero-order valence-corrected chi connectivity index (χ0v) is 9.86. The van der Waals surface area contributed by atoms with E-state index in [-0.39, 0.29) is 6.04 Å². The highest BCUT2D eigenvalue weighted by Crippen LogP contribution is 2.58. The molecule has 5 unspecified atom stereocenters. The zero-order chi connectivity index (χ0) is 11.3.